The minimum atomic E-state index is 0.743. The zero-order valence-electron chi connectivity index (χ0n) is 13.3. The third-order valence-corrected chi connectivity index (χ3v) is 5.50. The standard InChI is InChI=1S/C17H34N2/c1-4-11-18-16-10-9-14(5-2)12-17(16)19(3)13-15-7-6-8-15/h14-18H,4-13H2,1-3H3. The van der Waals surface area contributed by atoms with Gasteiger partial charge < -0.3 is 10.2 Å². The van der Waals surface area contributed by atoms with Gasteiger partial charge in [-0.05, 0) is 64.0 Å². The smallest absolute Gasteiger partial charge is 0.0249 e. The molecule has 2 nitrogen and oxygen atoms in total. The van der Waals surface area contributed by atoms with Gasteiger partial charge in [-0.2, -0.15) is 0 Å². The maximum Gasteiger partial charge on any atom is 0.0249 e. The summed E-state index contributed by atoms with van der Waals surface area (Å²) in [7, 11) is 2.38. The minimum absolute atomic E-state index is 0.743. The second-order valence-corrected chi connectivity index (χ2v) is 6.95. The molecular formula is C17H34N2. The van der Waals surface area contributed by atoms with Crippen molar-refractivity contribution in [1.82, 2.24) is 10.2 Å². The number of rotatable bonds is 7. The van der Waals surface area contributed by atoms with Crippen LogP contribution in [0.1, 0.15) is 65.2 Å². The molecule has 0 saturated heterocycles. The summed E-state index contributed by atoms with van der Waals surface area (Å²) in [5, 5.41) is 3.81. The van der Waals surface area contributed by atoms with Crippen molar-refractivity contribution in [3.63, 3.8) is 0 Å². The molecule has 0 aromatic heterocycles. The van der Waals surface area contributed by atoms with Crippen LogP contribution in [0.5, 0.6) is 0 Å². The van der Waals surface area contributed by atoms with Crippen LogP contribution in [0, 0.1) is 11.8 Å². The molecule has 0 spiro atoms. The lowest BCUT2D eigenvalue weighted by molar-refractivity contribution is 0.0882. The van der Waals surface area contributed by atoms with Crippen LogP contribution < -0.4 is 5.32 Å². The van der Waals surface area contributed by atoms with Gasteiger partial charge in [0.05, 0.1) is 0 Å². The summed E-state index contributed by atoms with van der Waals surface area (Å²) in [4.78, 5) is 2.69. The SMILES string of the molecule is CCCNC1CCC(CC)CC1N(C)CC1CCC1. The zero-order chi connectivity index (χ0) is 13.7. The van der Waals surface area contributed by atoms with Crippen molar-refractivity contribution in [2.75, 3.05) is 20.1 Å². The lowest BCUT2D eigenvalue weighted by Gasteiger charge is -2.43. The molecule has 3 unspecified atom stereocenters. The summed E-state index contributed by atoms with van der Waals surface area (Å²) in [6, 6.07) is 1.53. The summed E-state index contributed by atoms with van der Waals surface area (Å²) in [6.45, 7) is 7.17. The van der Waals surface area contributed by atoms with E-state index in [9.17, 15) is 0 Å². The molecule has 2 heteroatoms. The van der Waals surface area contributed by atoms with Crippen molar-refractivity contribution in [2.24, 2.45) is 11.8 Å². The largest absolute Gasteiger partial charge is 0.312 e. The molecule has 112 valence electrons. The molecule has 0 aliphatic heterocycles. The van der Waals surface area contributed by atoms with E-state index in [0.29, 0.717) is 0 Å². The molecule has 0 bridgehead atoms. The van der Waals surface area contributed by atoms with Crippen LogP contribution in [-0.4, -0.2) is 37.1 Å². The molecular weight excluding hydrogens is 232 g/mol. The monoisotopic (exact) mass is 266 g/mol. The van der Waals surface area contributed by atoms with E-state index < -0.39 is 0 Å². The fourth-order valence-corrected chi connectivity index (χ4v) is 3.88. The third kappa shape index (κ3) is 4.19. The van der Waals surface area contributed by atoms with Crippen molar-refractivity contribution in [3.05, 3.63) is 0 Å². The summed E-state index contributed by atoms with van der Waals surface area (Å²) in [5.41, 5.74) is 0. The van der Waals surface area contributed by atoms with Gasteiger partial charge in [-0.1, -0.05) is 26.7 Å². The molecule has 1 N–H and O–H groups in total. The molecule has 2 rings (SSSR count). The van der Waals surface area contributed by atoms with Gasteiger partial charge in [0, 0.05) is 18.6 Å². The van der Waals surface area contributed by atoms with Gasteiger partial charge in [-0.25, -0.2) is 0 Å². The van der Waals surface area contributed by atoms with Crippen LogP contribution in [0.2, 0.25) is 0 Å². The fourth-order valence-electron chi connectivity index (χ4n) is 3.88. The molecule has 0 amide bonds. The first-order valence-electron chi connectivity index (χ1n) is 8.68. The highest BCUT2D eigenvalue weighted by atomic mass is 15.2. The number of nitrogens with one attached hydrogen (secondary N) is 1. The highest BCUT2D eigenvalue weighted by Gasteiger charge is 2.33. The van der Waals surface area contributed by atoms with E-state index in [0.717, 1.165) is 23.9 Å². The van der Waals surface area contributed by atoms with E-state index in [4.69, 9.17) is 0 Å². The second-order valence-electron chi connectivity index (χ2n) is 6.95. The van der Waals surface area contributed by atoms with Crippen LogP contribution in [0.3, 0.4) is 0 Å². The number of nitrogens with zero attached hydrogens (tertiary/aromatic N) is 1. The highest BCUT2D eigenvalue weighted by molar-refractivity contribution is 4.91. The first-order chi connectivity index (χ1) is 9.24. The van der Waals surface area contributed by atoms with Crippen LogP contribution in [0.4, 0.5) is 0 Å². The van der Waals surface area contributed by atoms with Gasteiger partial charge in [0.15, 0.2) is 0 Å². The maximum absolute atomic E-state index is 3.81. The van der Waals surface area contributed by atoms with Crippen molar-refractivity contribution < 1.29 is 0 Å². The summed E-state index contributed by atoms with van der Waals surface area (Å²) in [5.74, 6) is 1.97. The van der Waals surface area contributed by atoms with Crippen LogP contribution in [0.25, 0.3) is 0 Å². The quantitative estimate of drug-likeness (QED) is 0.756. The Morgan fingerprint density at radius 3 is 2.42 bits per heavy atom. The number of hydrogen-bond acceptors (Lipinski definition) is 2. The first-order valence-corrected chi connectivity index (χ1v) is 8.68. The van der Waals surface area contributed by atoms with E-state index in [2.05, 4.69) is 31.1 Å². The Hall–Kier alpha value is -0.0800. The lowest BCUT2D eigenvalue weighted by atomic mass is 9.79. The van der Waals surface area contributed by atoms with Crippen molar-refractivity contribution in [1.29, 1.82) is 0 Å². The normalized spacial score (nSPS) is 32.5. The van der Waals surface area contributed by atoms with Crippen molar-refractivity contribution in [3.8, 4) is 0 Å². The molecule has 2 fully saturated rings. The molecule has 0 radical (unpaired) electrons. The van der Waals surface area contributed by atoms with Gasteiger partial charge in [-0.15, -0.1) is 0 Å². The Morgan fingerprint density at radius 2 is 1.84 bits per heavy atom. The summed E-state index contributed by atoms with van der Waals surface area (Å²) in [6.07, 6.45) is 11.3. The predicted molar refractivity (Wildman–Crippen MR) is 83.5 cm³/mol. The molecule has 3 atom stereocenters. The fraction of sp³-hybridized carbons (Fsp3) is 1.00. The molecule has 2 saturated carbocycles. The van der Waals surface area contributed by atoms with Crippen LogP contribution >= 0.6 is 0 Å². The molecule has 19 heavy (non-hydrogen) atoms. The highest BCUT2D eigenvalue weighted by Crippen LogP contribution is 2.32. The van der Waals surface area contributed by atoms with E-state index >= 15 is 0 Å². The van der Waals surface area contributed by atoms with Gasteiger partial charge in [0.25, 0.3) is 0 Å². The topological polar surface area (TPSA) is 15.3 Å². The minimum Gasteiger partial charge on any atom is -0.312 e. The van der Waals surface area contributed by atoms with E-state index in [1.807, 2.05) is 0 Å². The lowest BCUT2D eigenvalue weighted by Crippen LogP contribution is -2.53. The summed E-state index contributed by atoms with van der Waals surface area (Å²) >= 11 is 0. The second kappa shape index (κ2) is 7.64. The Labute approximate surface area is 120 Å². The molecule has 0 aromatic carbocycles. The van der Waals surface area contributed by atoms with Crippen molar-refractivity contribution >= 4 is 0 Å². The Kier molecular flexibility index (Phi) is 6.15. The number of likely N-dealkylation sites (N-methyl/N-ethyl adjacent to an activating group) is 1. The Balaban J connectivity index is 1.88. The average Bonchev–Trinajstić information content (AvgIpc) is 2.40. The van der Waals surface area contributed by atoms with E-state index in [-0.39, 0.29) is 0 Å². The Bertz CT molecular complexity index is 250. The van der Waals surface area contributed by atoms with Crippen molar-refractivity contribution in [2.45, 2.75) is 77.3 Å². The van der Waals surface area contributed by atoms with Gasteiger partial charge in [-0.3, -0.25) is 0 Å². The first kappa shape index (κ1) is 15.3. The van der Waals surface area contributed by atoms with Gasteiger partial charge >= 0.3 is 0 Å². The van der Waals surface area contributed by atoms with Crippen LogP contribution in [-0.2, 0) is 0 Å². The van der Waals surface area contributed by atoms with E-state index in [1.165, 1.54) is 64.5 Å². The molecule has 2 aliphatic carbocycles. The molecule has 2 aliphatic rings. The molecule has 0 heterocycles. The average molecular weight is 266 g/mol. The van der Waals surface area contributed by atoms with E-state index in [1.54, 1.807) is 0 Å². The number of hydrogen-bond donors (Lipinski definition) is 1. The van der Waals surface area contributed by atoms with Gasteiger partial charge in [0.2, 0.25) is 0 Å². The third-order valence-electron chi connectivity index (χ3n) is 5.50. The molecule has 0 aromatic rings. The van der Waals surface area contributed by atoms with Gasteiger partial charge in [0.1, 0.15) is 0 Å². The Morgan fingerprint density at radius 1 is 1.05 bits per heavy atom. The maximum atomic E-state index is 3.81. The van der Waals surface area contributed by atoms with Crippen LogP contribution in [0.15, 0.2) is 0 Å². The predicted octanol–water partition coefficient (Wildman–Crippen LogP) is 3.67. The zero-order valence-corrected chi connectivity index (χ0v) is 13.3. The summed E-state index contributed by atoms with van der Waals surface area (Å²) < 4.78 is 0.